The molecule has 0 aliphatic heterocycles. The molecule has 0 saturated heterocycles. The molecule has 27 nitrogen and oxygen atoms in total. The van der Waals surface area contributed by atoms with Crippen LogP contribution >= 0.6 is 69.8 Å². The van der Waals surface area contributed by atoms with Crippen LogP contribution in [-0.2, 0) is 80.4 Å². The van der Waals surface area contributed by atoms with Crippen molar-refractivity contribution < 1.29 is 69.7 Å². The number of methoxy groups -OCH3 is 1. The number of carbonyl (C=O) groups excluding carboxylic acids is 5. The average Bonchev–Trinajstić information content (AvgIpc) is 1.66. The van der Waals surface area contributed by atoms with Gasteiger partial charge in [0.25, 0.3) is 0 Å². The van der Waals surface area contributed by atoms with Crippen molar-refractivity contribution in [2.75, 3.05) is 79.4 Å². The number of hydrogen-bond donors (Lipinski definition) is 0. The maximum Gasteiger partial charge on any atom is 0.328 e. The summed E-state index contributed by atoms with van der Waals surface area (Å²) < 4.78 is 63.2. The van der Waals surface area contributed by atoms with Gasteiger partial charge in [-0.15, -0.1) is 11.8 Å². The molecule has 0 bridgehead atoms. The summed E-state index contributed by atoms with van der Waals surface area (Å²) in [7, 11) is 5.18. The Morgan fingerprint density at radius 2 is 0.564 bits per heavy atom. The number of nitrogens with zero attached hydrogens (tertiary/aromatic N) is 12. The summed E-state index contributed by atoms with van der Waals surface area (Å²) in [4.78, 5) is 64.1. The fraction of sp³-hybridized carbons (Fsp3) is 0.300. The predicted octanol–water partition coefficient (Wildman–Crippen LogP) is 23.0. The highest BCUT2D eigenvalue weighted by Gasteiger charge is 2.28. The number of thioether (sulfide) groups is 1. The Bertz CT molecular complexity index is 6510. The van der Waals surface area contributed by atoms with Crippen LogP contribution in [0.5, 0.6) is 0 Å². The molecular formula is C100H107Cl5N12O15S. The molecule has 0 radical (unpaired) electrons. The maximum atomic E-state index is 12.4. The number of benzene rings is 5. The first-order chi connectivity index (χ1) is 63.7. The van der Waals surface area contributed by atoms with E-state index in [0.29, 0.717) is 150 Å². The molecule has 0 amide bonds. The Hall–Kier alpha value is -12.4. The Morgan fingerprint density at radius 3 is 0.789 bits per heavy atom. The first kappa shape index (κ1) is 101. The van der Waals surface area contributed by atoms with Crippen LogP contribution in [0.4, 0.5) is 0 Å². The molecule has 10 heterocycles. The Morgan fingerprint density at radius 1 is 0.331 bits per heavy atom. The lowest BCUT2D eigenvalue weighted by Crippen LogP contribution is -2.28. The third-order valence-corrected chi connectivity index (χ3v) is 23.2. The van der Waals surface area contributed by atoms with Crippen LogP contribution in [0.3, 0.4) is 0 Å². The van der Waals surface area contributed by atoms with Gasteiger partial charge in [0.2, 0.25) is 0 Å². The number of aromatic nitrogens is 10. The minimum absolute atomic E-state index is 0.0167. The largest absolute Gasteiger partial charge is 0.468 e. The molecule has 0 unspecified atom stereocenters. The lowest BCUT2D eigenvalue weighted by atomic mass is 10.1. The van der Waals surface area contributed by atoms with Crippen LogP contribution in [0, 0.1) is 69.2 Å². The number of halogens is 5. The molecule has 0 aliphatic rings. The van der Waals surface area contributed by atoms with E-state index in [0.717, 1.165) is 97.5 Å². The molecule has 133 heavy (non-hydrogen) atoms. The molecule has 0 saturated carbocycles. The van der Waals surface area contributed by atoms with Crippen molar-refractivity contribution in [1.82, 2.24) is 58.7 Å². The molecular weight excluding hydrogens is 1820 g/mol. The van der Waals surface area contributed by atoms with Crippen LogP contribution in [0.15, 0.2) is 204 Å². The van der Waals surface area contributed by atoms with Gasteiger partial charge in [-0.25, -0.2) is 23.4 Å². The lowest BCUT2D eigenvalue weighted by molar-refractivity contribution is -0.145. The van der Waals surface area contributed by atoms with Gasteiger partial charge >= 0.3 is 29.8 Å². The van der Waals surface area contributed by atoms with Gasteiger partial charge in [0.1, 0.15) is 109 Å². The summed E-state index contributed by atoms with van der Waals surface area (Å²) in [5.74, 6) is 4.90. The quantitative estimate of drug-likeness (QED) is 0.0221. The normalized spacial score (nSPS) is 11.0. The van der Waals surface area contributed by atoms with E-state index in [1.165, 1.54) is 37.6 Å². The second-order valence-corrected chi connectivity index (χ2v) is 34.0. The Balaban J connectivity index is 0.000000160. The second-order valence-electron chi connectivity index (χ2n) is 31.3. The smallest absolute Gasteiger partial charge is 0.328 e. The van der Waals surface area contributed by atoms with E-state index < -0.39 is 5.97 Å². The highest BCUT2D eigenvalue weighted by Crippen LogP contribution is 2.41. The van der Waals surface area contributed by atoms with Gasteiger partial charge in [-0.2, -0.15) is 25.5 Å². The van der Waals surface area contributed by atoms with Crippen molar-refractivity contribution in [3.63, 3.8) is 0 Å². The molecule has 15 rings (SSSR count). The van der Waals surface area contributed by atoms with Gasteiger partial charge in [0.05, 0.1) is 67.3 Å². The number of esters is 5. The fourth-order valence-electron chi connectivity index (χ4n) is 14.0. The molecule has 15 aromatic rings. The second kappa shape index (κ2) is 47.8. The first-order valence-electron chi connectivity index (χ1n) is 42.8. The van der Waals surface area contributed by atoms with E-state index in [-0.39, 0.29) is 56.6 Å². The van der Waals surface area contributed by atoms with E-state index in [1.807, 2.05) is 230 Å². The topological polar surface area (TPSA) is 293 Å². The van der Waals surface area contributed by atoms with Crippen molar-refractivity contribution in [1.29, 1.82) is 0 Å². The number of ether oxygens (including phenoxy) is 5. The number of furan rings is 5. The number of hydrogen-bond acceptors (Lipinski definition) is 23. The molecule has 0 spiro atoms. The average molecular weight is 1930 g/mol. The fourth-order valence-corrected chi connectivity index (χ4v) is 15.3. The van der Waals surface area contributed by atoms with Gasteiger partial charge in [-0.05, 0) is 201 Å². The molecule has 33 heteroatoms. The number of aryl methyl sites for hydroxylation is 10. The van der Waals surface area contributed by atoms with Crippen LogP contribution in [0.25, 0.3) is 114 Å². The van der Waals surface area contributed by atoms with Crippen molar-refractivity contribution in [3.05, 3.63) is 263 Å². The summed E-state index contributed by atoms with van der Waals surface area (Å²) in [6, 6.07) is 58.9. The zero-order chi connectivity index (χ0) is 95.9. The van der Waals surface area contributed by atoms with Gasteiger partial charge < -0.3 is 55.6 Å². The minimum atomic E-state index is -0.402. The molecule has 0 atom stereocenters. The van der Waals surface area contributed by atoms with E-state index in [1.54, 1.807) is 46.2 Å². The van der Waals surface area contributed by atoms with Crippen LogP contribution in [0.2, 0.25) is 25.1 Å². The zero-order valence-corrected chi connectivity index (χ0v) is 81.9. The summed E-state index contributed by atoms with van der Waals surface area (Å²) in [6.07, 6.45) is 1.86. The molecule has 0 aliphatic carbocycles. The lowest BCUT2D eigenvalue weighted by Gasteiger charge is -2.17. The molecule has 0 fully saturated rings. The summed E-state index contributed by atoms with van der Waals surface area (Å²) in [5.41, 5.74) is 16.7. The van der Waals surface area contributed by atoms with Gasteiger partial charge in [-0.3, -0.25) is 24.0 Å². The van der Waals surface area contributed by atoms with Crippen molar-refractivity contribution in [2.24, 2.45) is 0 Å². The Kier molecular flexibility index (Phi) is 36.4. The van der Waals surface area contributed by atoms with Gasteiger partial charge in [0.15, 0.2) is 28.8 Å². The number of likely N-dealkylation sites (N-methyl/N-ethyl adjacent to an activating group) is 2. The van der Waals surface area contributed by atoms with Crippen LogP contribution < -0.4 is 0 Å². The summed E-state index contributed by atoms with van der Waals surface area (Å²) >= 11 is 33.6. The predicted molar refractivity (Wildman–Crippen MR) is 521 cm³/mol. The number of carbonyl (C=O) groups is 5. The van der Waals surface area contributed by atoms with Crippen molar-refractivity contribution in [3.8, 4) is 114 Å². The third kappa shape index (κ3) is 27.0. The van der Waals surface area contributed by atoms with Gasteiger partial charge in [-0.1, -0.05) is 191 Å². The number of rotatable bonds is 31. The Labute approximate surface area is 802 Å². The summed E-state index contributed by atoms with van der Waals surface area (Å²) in [5, 5.41) is 24.1. The van der Waals surface area contributed by atoms with Crippen LogP contribution in [0.1, 0.15) is 77.1 Å². The van der Waals surface area contributed by atoms with E-state index in [9.17, 15) is 24.0 Å². The standard InChI is InChI=1S/C23H28ClN3O3.C21H24ClN3O3.C19H19ClN2O3S.C19H19ClN2O3.C18H17ClN2O3/c1-5-26(6-2)12-13-29-21(28)15-27-23(22(24)17(4)25-27)20-11-10-19(30-20)18-9-7-8-16(3)14-18;1-14-6-5-7-16(12-14)17-8-9-18(28-17)21-20(22)15(2)23-25(21)13-19(26)27-11-10-24(3)4;1-12-5-4-6-14(9-12)15-7-8-16(25-15)19-18(20)13(2)21-22(19)10-17(23)24-11-26-3;1-4-24-17(23)11-22-19(18(20)13(3)21-22)16-9-8-15(25-16)14-7-5-6-12(2)10-14;1-11-5-4-6-13(9-11)14-7-8-15(24-14)18-17(19)12(2)20-21(18)10-16(22)23-3/h7-11,14H,5-6,12-13,15H2,1-4H3;5-9,12H,10-11,13H2,1-4H3;4-9H,10-11H2,1-3H3;5-10H,4,11H2,1-3H3;4-9H,10H2,1-3H3. The van der Waals surface area contributed by atoms with Gasteiger partial charge in [0, 0.05) is 40.9 Å². The SMILES string of the molecule is CCN(CC)CCOC(=O)Cn1nc(C)c(Cl)c1-c1ccc(-c2cccc(C)c2)o1.CCOC(=O)Cn1nc(C)c(Cl)c1-c1ccc(-c2cccc(C)c2)o1.COC(=O)Cn1nc(C)c(Cl)c1-c1ccc(-c2cccc(C)c2)o1.CSCOC(=O)Cn1nc(C)c(Cl)c1-c1ccc(-c2cccc(C)c2)o1.Cc1cccc(-c2ccc(-c3c(Cl)c(C)nn3CC(=O)OCCN(C)C)o2)c1. The highest BCUT2D eigenvalue weighted by molar-refractivity contribution is 7.98. The monoisotopic (exact) mass is 1920 g/mol. The van der Waals surface area contributed by atoms with Crippen molar-refractivity contribution >= 4 is 99.6 Å². The minimum Gasteiger partial charge on any atom is -0.468 e. The van der Waals surface area contributed by atoms with Crippen molar-refractivity contribution in [2.45, 2.75) is 123 Å². The highest BCUT2D eigenvalue weighted by atomic mass is 35.5. The van der Waals surface area contributed by atoms with E-state index in [2.05, 4.69) is 56.4 Å². The molecule has 5 aromatic carbocycles. The zero-order valence-electron chi connectivity index (χ0n) is 77.3. The maximum absolute atomic E-state index is 12.4. The van der Waals surface area contributed by atoms with E-state index >= 15 is 0 Å². The summed E-state index contributed by atoms with van der Waals surface area (Å²) in [6.45, 7) is 29.1. The molecule has 10 aromatic heterocycles. The third-order valence-electron chi connectivity index (χ3n) is 20.6. The molecule has 0 N–H and O–H groups in total. The van der Waals surface area contributed by atoms with Crippen LogP contribution in [-0.4, -0.2) is 168 Å². The van der Waals surface area contributed by atoms with E-state index in [4.69, 9.17) is 104 Å². The first-order valence-corrected chi connectivity index (χ1v) is 46.1. The molecule has 698 valence electrons.